The number of benzene rings is 1. The first-order valence-corrected chi connectivity index (χ1v) is 6.38. The molecule has 0 aliphatic heterocycles. The molecule has 0 fully saturated rings. The van der Waals surface area contributed by atoms with E-state index in [-0.39, 0.29) is 0 Å². The first-order chi connectivity index (χ1) is 6.96. The number of hydrogen-bond donors (Lipinski definition) is 1. The van der Waals surface area contributed by atoms with Crippen LogP contribution in [0.3, 0.4) is 0 Å². The molecule has 0 amide bonds. The van der Waals surface area contributed by atoms with Crippen LogP contribution in [0.1, 0.15) is 0 Å². The smallest absolute Gasteiger partial charge is 0.229 e. The molecule has 0 bridgehead atoms. The van der Waals surface area contributed by atoms with Gasteiger partial charge in [0.2, 0.25) is 10.0 Å². The molecule has 1 heterocycles. The molecule has 5 heteroatoms. The fraction of sp³-hybridized carbons (Fsp3) is 0.200. The van der Waals surface area contributed by atoms with Crippen molar-refractivity contribution in [3.63, 3.8) is 0 Å². The lowest BCUT2D eigenvalue weighted by Crippen LogP contribution is -2.09. The van der Waals surface area contributed by atoms with Crippen molar-refractivity contribution in [1.82, 2.24) is 4.57 Å². The third-order valence-electron chi connectivity index (χ3n) is 2.19. The number of hydrogen-bond acceptors (Lipinski definition) is 2. The van der Waals surface area contributed by atoms with E-state index < -0.39 is 10.0 Å². The van der Waals surface area contributed by atoms with Gasteiger partial charge in [0.25, 0.3) is 0 Å². The first-order valence-electron chi connectivity index (χ1n) is 4.48. The van der Waals surface area contributed by atoms with E-state index in [1.54, 1.807) is 6.07 Å². The largest absolute Gasteiger partial charge is 0.351 e. The van der Waals surface area contributed by atoms with Gasteiger partial charge in [-0.1, -0.05) is 0 Å². The van der Waals surface area contributed by atoms with E-state index in [9.17, 15) is 8.42 Å². The quantitative estimate of drug-likeness (QED) is 0.841. The van der Waals surface area contributed by atoms with Gasteiger partial charge in [-0.05, 0) is 24.3 Å². The second-order valence-electron chi connectivity index (χ2n) is 3.57. The zero-order chi connectivity index (χ0) is 11.1. The van der Waals surface area contributed by atoms with Crippen LogP contribution in [0.2, 0.25) is 0 Å². The van der Waals surface area contributed by atoms with Crippen molar-refractivity contribution in [3.8, 4) is 0 Å². The van der Waals surface area contributed by atoms with Gasteiger partial charge >= 0.3 is 0 Å². The Morgan fingerprint density at radius 2 is 2.00 bits per heavy atom. The van der Waals surface area contributed by atoms with Gasteiger partial charge in [0.05, 0.1) is 6.26 Å². The molecule has 0 spiro atoms. The molecule has 1 aromatic carbocycles. The van der Waals surface area contributed by atoms with Crippen LogP contribution in [0.4, 0.5) is 5.69 Å². The molecule has 4 nitrogen and oxygen atoms in total. The maximum absolute atomic E-state index is 11.0. The van der Waals surface area contributed by atoms with Gasteiger partial charge in [-0.2, -0.15) is 0 Å². The summed E-state index contributed by atoms with van der Waals surface area (Å²) in [7, 11) is -1.25. The second kappa shape index (κ2) is 3.27. The van der Waals surface area contributed by atoms with Crippen LogP contribution < -0.4 is 4.72 Å². The second-order valence-corrected chi connectivity index (χ2v) is 5.32. The Bertz CT molecular complexity index is 599. The average Bonchev–Trinajstić information content (AvgIpc) is 2.45. The molecule has 2 rings (SSSR count). The molecule has 80 valence electrons. The molecule has 1 aromatic heterocycles. The summed E-state index contributed by atoms with van der Waals surface area (Å²) in [6.07, 6.45) is 3.08. The summed E-state index contributed by atoms with van der Waals surface area (Å²) < 4.78 is 26.5. The predicted octanol–water partition coefficient (Wildman–Crippen LogP) is 1.55. The average molecular weight is 224 g/mol. The minimum Gasteiger partial charge on any atom is -0.351 e. The number of nitrogens with one attached hydrogen (secondary N) is 1. The lowest BCUT2D eigenvalue weighted by molar-refractivity contribution is 0.607. The monoisotopic (exact) mass is 224 g/mol. The zero-order valence-corrected chi connectivity index (χ0v) is 9.38. The SMILES string of the molecule is Cn1ccc2cc(NS(C)(=O)=O)ccc21. The van der Waals surface area contributed by atoms with E-state index in [2.05, 4.69) is 4.72 Å². The molecule has 0 aliphatic rings. The fourth-order valence-electron chi connectivity index (χ4n) is 1.56. The molecule has 0 saturated heterocycles. The molecule has 0 radical (unpaired) electrons. The molecule has 0 saturated carbocycles. The van der Waals surface area contributed by atoms with Gasteiger partial charge in [-0.25, -0.2) is 8.42 Å². The van der Waals surface area contributed by atoms with Crippen LogP contribution in [0.15, 0.2) is 30.5 Å². The van der Waals surface area contributed by atoms with Crippen LogP contribution in [0, 0.1) is 0 Å². The topological polar surface area (TPSA) is 51.1 Å². The van der Waals surface area contributed by atoms with Gasteiger partial charge in [0.15, 0.2) is 0 Å². The summed E-state index contributed by atoms with van der Waals surface area (Å²) in [5, 5.41) is 1.02. The minimum absolute atomic E-state index is 0.594. The normalized spacial score (nSPS) is 11.9. The van der Waals surface area contributed by atoms with Crippen LogP contribution in [0.25, 0.3) is 10.9 Å². The Morgan fingerprint density at radius 1 is 1.27 bits per heavy atom. The maximum Gasteiger partial charge on any atom is 0.229 e. The molecular weight excluding hydrogens is 212 g/mol. The Labute approximate surface area is 88.6 Å². The lowest BCUT2D eigenvalue weighted by atomic mass is 10.2. The molecule has 0 aliphatic carbocycles. The summed E-state index contributed by atoms with van der Waals surface area (Å²) in [6.45, 7) is 0. The number of sulfonamides is 1. The van der Waals surface area contributed by atoms with E-state index >= 15 is 0 Å². The van der Waals surface area contributed by atoms with Gasteiger partial charge in [-0.3, -0.25) is 4.72 Å². The number of aromatic nitrogens is 1. The van der Waals surface area contributed by atoms with E-state index in [0.717, 1.165) is 17.2 Å². The first kappa shape index (κ1) is 10.0. The van der Waals surface area contributed by atoms with Gasteiger partial charge in [0.1, 0.15) is 0 Å². The number of aryl methyl sites for hydroxylation is 1. The molecule has 2 aromatic rings. The number of nitrogens with zero attached hydrogens (tertiary/aromatic N) is 1. The highest BCUT2D eigenvalue weighted by molar-refractivity contribution is 7.92. The number of rotatable bonds is 2. The van der Waals surface area contributed by atoms with E-state index in [4.69, 9.17) is 0 Å². The third-order valence-corrected chi connectivity index (χ3v) is 2.79. The summed E-state index contributed by atoms with van der Waals surface area (Å²) >= 11 is 0. The van der Waals surface area contributed by atoms with E-state index in [1.807, 2.05) is 36.0 Å². The highest BCUT2D eigenvalue weighted by Crippen LogP contribution is 2.20. The van der Waals surface area contributed by atoms with Crippen molar-refractivity contribution in [2.45, 2.75) is 0 Å². The van der Waals surface area contributed by atoms with Crippen LogP contribution in [-0.4, -0.2) is 19.2 Å². The standard InChI is InChI=1S/C10H12N2O2S/c1-12-6-5-8-7-9(3-4-10(8)12)11-15(2,13)14/h3-7,11H,1-2H3. The van der Waals surface area contributed by atoms with Crippen molar-refractivity contribution >= 4 is 26.6 Å². The summed E-state index contributed by atoms with van der Waals surface area (Å²) in [4.78, 5) is 0. The number of fused-ring (bicyclic) bond motifs is 1. The third kappa shape index (κ3) is 2.12. The Morgan fingerprint density at radius 3 is 2.67 bits per heavy atom. The zero-order valence-electron chi connectivity index (χ0n) is 8.56. The fourth-order valence-corrected chi connectivity index (χ4v) is 2.11. The van der Waals surface area contributed by atoms with Crippen molar-refractivity contribution in [3.05, 3.63) is 30.5 Å². The Balaban J connectivity index is 2.48. The molecule has 0 atom stereocenters. The van der Waals surface area contributed by atoms with Gasteiger partial charge in [-0.15, -0.1) is 0 Å². The summed E-state index contributed by atoms with van der Waals surface area (Å²) in [5.41, 5.74) is 1.67. The summed E-state index contributed by atoms with van der Waals surface area (Å²) in [5.74, 6) is 0. The molecule has 15 heavy (non-hydrogen) atoms. The van der Waals surface area contributed by atoms with Crippen LogP contribution in [-0.2, 0) is 17.1 Å². The van der Waals surface area contributed by atoms with Crippen molar-refractivity contribution in [2.75, 3.05) is 11.0 Å². The minimum atomic E-state index is -3.20. The van der Waals surface area contributed by atoms with E-state index in [0.29, 0.717) is 5.69 Å². The summed E-state index contributed by atoms with van der Waals surface area (Å²) in [6, 6.07) is 7.41. The van der Waals surface area contributed by atoms with Crippen molar-refractivity contribution < 1.29 is 8.42 Å². The highest BCUT2D eigenvalue weighted by Gasteiger charge is 2.03. The van der Waals surface area contributed by atoms with Crippen LogP contribution in [0.5, 0.6) is 0 Å². The van der Waals surface area contributed by atoms with Crippen molar-refractivity contribution in [1.29, 1.82) is 0 Å². The Hall–Kier alpha value is -1.49. The van der Waals surface area contributed by atoms with Gasteiger partial charge in [0, 0.05) is 29.8 Å². The molecule has 0 unspecified atom stereocenters. The van der Waals surface area contributed by atoms with Crippen molar-refractivity contribution in [2.24, 2.45) is 7.05 Å². The Kier molecular flexibility index (Phi) is 2.19. The maximum atomic E-state index is 11.0. The lowest BCUT2D eigenvalue weighted by Gasteiger charge is -2.04. The molecule has 1 N–H and O–H groups in total. The molecular formula is C10H12N2O2S. The van der Waals surface area contributed by atoms with Crippen LogP contribution >= 0.6 is 0 Å². The predicted molar refractivity (Wildman–Crippen MR) is 61.4 cm³/mol. The van der Waals surface area contributed by atoms with E-state index in [1.165, 1.54) is 0 Å². The number of anilines is 1. The van der Waals surface area contributed by atoms with Gasteiger partial charge < -0.3 is 4.57 Å². The highest BCUT2D eigenvalue weighted by atomic mass is 32.2.